The molecule has 2 aromatic carbocycles. The lowest BCUT2D eigenvalue weighted by molar-refractivity contribution is -0.0488. The van der Waals surface area contributed by atoms with Crippen molar-refractivity contribution in [1.82, 2.24) is 10.1 Å². The number of benzene rings is 2. The molecule has 0 radical (unpaired) electrons. The van der Waals surface area contributed by atoms with Crippen LogP contribution in [0.1, 0.15) is 0 Å². The van der Waals surface area contributed by atoms with Crippen molar-refractivity contribution < 1.29 is 40.7 Å². The van der Waals surface area contributed by atoms with Gasteiger partial charge in [0, 0.05) is 24.4 Å². The normalized spacial score (nSPS) is 11.4. The van der Waals surface area contributed by atoms with Gasteiger partial charge in [-0.3, -0.25) is 4.72 Å². The Morgan fingerprint density at radius 3 is 2.35 bits per heavy atom. The van der Waals surface area contributed by atoms with Gasteiger partial charge in [0.05, 0.1) is 14.2 Å². The molecule has 0 aliphatic carbocycles. The average Bonchev–Trinajstić information content (AvgIpc) is 3.20. The second kappa shape index (κ2) is 9.39. The largest absolute Gasteiger partial charge is 0.495 e. The molecule has 0 saturated carbocycles. The van der Waals surface area contributed by atoms with E-state index < -0.39 is 22.4 Å². The Morgan fingerprint density at radius 2 is 1.74 bits per heavy atom. The first-order valence-corrected chi connectivity index (χ1v) is 11.0. The molecule has 2 aromatic heterocycles. The van der Waals surface area contributed by atoms with Crippen LogP contribution in [0.5, 0.6) is 28.9 Å². The minimum Gasteiger partial charge on any atom is -0.495 e. The first-order valence-electron chi connectivity index (χ1n) is 9.53. The van der Waals surface area contributed by atoms with Gasteiger partial charge in [-0.05, 0) is 18.2 Å². The summed E-state index contributed by atoms with van der Waals surface area (Å²) in [6.07, 6.45) is 1.48. The summed E-state index contributed by atoms with van der Waals surface area (Å²) in [7, 11) is -1.79. The number of hydrogen-bond acceptors (Lipinski definition) is 9. The van der Waals surface area contributed by atoms with Gasteiger partial charge in [0.15, 0.2) is 16.3 Å². The van der Waals surface area contributed by atoms with Gasteiger partial charge >= 0.3 is 6.61 Å². The minimum absolute atomic E-state index is 0.00486. The Balaban J connectivity index is 1.78. The Labute approximate surface area is 192 Å². The Kier molecular flexibility index (Phi) is 6.36. The van der Waals surface area contributed by atoms with E-state index in [0.29, 0.717) is 0 Å². The predicted molar refractivity (Wildman–Crippen MR) is 115 cm³/mol. The van der Waals surface area contributed by atoms with Crippen LogP contribution in [0.25, 0.3) is 11.0 Å². The number of halogens is 2. The molecule has 4 rings (SSSR count). The lowest BCUT2D eigenvalue weighted by atomic mass is 10.2. The van der Waals surface area contributed by atoms with Crippen molar-refractivity contribution in [3.05, 3.63) is 54.7 Å². The molecule has 1 N–H and O–H groups in total. The van der Waals surface area contributed by atoms with E-state index in [4.69, 9.17) is 18.7 Å². The Morgan fingerprint density at radius 1 is 1.00 bits per heavy atom. The second-order valence-electron chi connectivity index (χ2n) is 6.57. The maximum atomic E-state index is 13.2. The number of pyridine rings is 1. The van der Waals surface area contributed by atoms with Crippen LogP contribution in [0.2, 0.25) is 0 Å². The molecule has 0 atom stereocenters. The van der Waals surface area contributed by atoms with Crippen LogP contribution in [-0.4, -0.2) is 39.4 Å². The van der Waals surface area contributed by atoms with Crippen molar-refractivity contribution in [2.24, 2.45) is 0 Å². The quantitative estimate of drug-likeness (QED) is 0.361. The smallest absolute Gasteiger partial charge is 0.387 e. The molecule has 0 bridgehead atoms. The molecule has 0 unspecified atom stereocenters. The van der Waals surface area contributed by atoms with E-state index in [1.807, 2.05) is 0 Å². The van der Waals surface area contributed by atoms with E-state index >= 15 is 0 Å². The van der Waals surface area contributed by atoms with Crippen molar-refractivity contribution in [3.63, 3.8) is 0 Å². The summed E-state index contributed by atoms with van der Waals surface area (Å²) in [6, 6.07) is 11.8. The lowest BCUT2D eigenvalue weighted by Crippen LogP contribution is -2.16. The van der Waals surface area contributed by atoms with Gasteiger partial charge < -0.3 is 23.5 Å². The van der Waals surface area contributed by atoms with Crippen LogP contribution in [-0.2, 0) is 10.0 Å². The molecule has 13 heteroatoms. The van der Waals surface area contributed by atoms with E-state index in [0.717, 1.165) is 6.07 Å². The number of methoxy groups -OCH3 is 2. The van der Waals surface area contributed by atoms with Crippen molar-refractivity contribution in [1.29, 1.82) is 0 Å². The highest BCUT2D eigenvalue weighted by atomic mass is 32.2. The van der Waals surface area contributed by atoms with Gasteiger partial charge in [0.2, 0.25) is 5.88 Å². The molecule has 0 amide bonds. The van der Waals surface area contributed by atoms with Crippen molar-refractivity contribution in [2.75, 3.05) is 18.9 Å². The third-order valence-electron chi connectivity index (χ3n) is 4.47. The van der Waals surface area contributed by atoms with Crippen LogP contribution in [0, 0.1) is 0 Å². The SMILES string of the molecule is COc1cccc(OC)c1S(=O)(=O)Nc1noc2cc(Oc3ccccn3)cc(OC(F)F)c12. The van der Waals surface area contributed by atoms with Gasteiger partial charge in [-0.15, -0.1) is 0 Å². The highest BCUT2D eigenvalue weighted by molar-refractivity contribution is 7.93. The molecule has 2 heterocycles. The van der Waals surface area contributed by atoms with Gasteiger partial charge in [0.25, 0.3) is 10.0 Å². The fraction of sp³-hybridized carbons (Fsp3) is 0.143. The Bertz CT molecular complexity index is 1390. The van der Waals surface area contributed by atoms with Crippen LogP contribution in [0.15, 0.2) is 64.1 Å². The van der Waals surface area contributed by atoms with E-state index in [1.54, 1.807) is 24.3 Å². The summed E-state index contributed by atoms with van der Waals surface area (Å²) >= 11 is 0. The summed E-state index contributed by atoms with van der Waals surface area (Å²) < 4.78 is 80.5. The maximum Gasteiger partial charge on any atom is 0.387 e. The van der Waals surface area contributed by atoms with Crippen molar-refractivity contribution >= 4 is 26.8 Å². The first kappa shape index (κ1) is 23.0. The molecule has 0 spiro atoms. The van der Waals surface area contributed by atoms with Gasteiger partial charge in [0.1, 0.15) is 28.4 Å². The highest BCUT2D eigenvalue weighted by Crippen LogP contribution is 2.40. The summed E-state index contributed by atoms with van der Waals surface area (Å²) in [5, 5.41) is 3.54. The van der Waals surface area contributed by atoms with E-state index in [1.165, 1.54) is 38.6 Å². The third kappa shape index (κ3) is 4.64. The number of sulfonamides is 1. The van der Waals surface area contributed by atoms with Crippen LogP contribution >= 0.6 is 0 Å². The molecule has 4 aromatic rings. The van der Waals surface area contributed by atoms with Crippen LogP contribution < -0.4 is 23.7 Å². The lowest BCUT2D eigenvalue weighted by Gasteiger charge is -2.14. The number of alkyl halides is 2. The number of ether oxygens (including phenoxy) is 4. The zero-order chi connectivity index (χ0) is 24.3. The monoisotopic (exact) mass is 493 g/mol. The number of fused-ring (bicyclic) bond motifs is 1. The number of rotatable bonds is 9. The van der Waals surface area contributed by atoms with Crippen LogP contribution in [0.4, 0.5) is 14.6 Å². The first-order chi connectivity index (χ1) is 16.3. The molecular formula is C21H17F2N3O7S. The average molecular weight is 493 g/mol. The summed E-state index contributed by atoms with van der Waals surface area (Å²) in [4.78, 5) is 3.67. The van der Waals surface area contributed by atoms with Gasteiger partial charge in [-0.25, -0.2) is 13.4 Å². The van der Waals surface area contributed by atoms with Gasteiger partial charge in [-0.1, -0.05) is 17.3 Å². The molecule has 0 fully saturated rings. The maximum absolute atomic E-state index is 13.2. The topological polar surface area (TPSA) is 122 Å². The zero-order valence-electron chi connectivity index (χ0n) is 17.7. The molecular weight excluding hydrogens is 476 g/mol. The highest BCUT2D eigenvalue weighted by Gasteiger charge is 2.28. The fourth-order valence-electron chi connectivity index (χ4n) is 3.12. The summed E-state index contributed by atoms with van der Waals surface area (Å²) in [5.41, 5.74) is -0.0752. The number of anilines is 1. The minimum atomic E-state index is -4.37. The molecule has 10 nitrogen and oxygen atoms in total. The second-order valence-corrected chi connectivity index (χ2v) is 8.19. The van der Waals surface area contributed by atoms with Gasteiger partial charge in [-0.2, -0.15) is 8.78 Å². The van der Waals surface area contributed by atoms with E-state index in [9.17, 15) is 17.2 Å². The van der Waals surface area contributed by atoms with E-state index in [-0.39, 0.29) is 44.8 Å². The number of nitrogens with zero attached hydrogens (tertiary/aromatic N) is 2. The predicted octanol–water partition coefficient (Wildman–Crippen LogP) is 4.43. The molecule has 34 heavy (non-hydrogen) atoms. The standard InChI is InChI=1S/C21H17F2N3O7S/c1-29-13-6-5-7-14(30-2)19(13)34(27,28)26-20-18-15(32-21(22)23)10-12(11-16(18)33-25-20)31-17-8-3-4-9-24-17/h3-11,21H,1-2H3,(H,25,26). The van der Waals surface area contributed by atoms with E-state index in [2.05, 4.69) is 19.6 Å². The van der Waals surface area contributed by atoms with Crippen LogP contribution in [0.3, 0.4) is 0 Å². The third-order valence-corrected chi connectivity index (χ3v) is 5.87. The molecule has 0 aliphatic rings. The number of nitrogens with one attached hydrogen (secondary N) is 1. The molecule has 178 valence electrons. The van der Waals surface area contributed by atoms with Crippen molar-refractivity contribution in [2.45, 2.75) is 11.5 Å². The number of aromatic nitrogens is 2. The van der Waals surface area contributed by atoms with Crippen molar-refractivity contribution in [3.8, 4) is 28.9 Å². The Hall–Kier alpha value is -4.13. The molecule has 0 saturated heterocycles. The zero-order valence-corrected chi connectivity index (χ0v) is 18.5. The fourth-order valence-corrected chi connectivity index (χ4v) is 4.45. The number of hydrogen-bond donors (Lipinski definition) is 1. The summed E-state index contributed by atoms with van der Waals surface area (Å²) in [6.45, 7) is -3.22. The summed E-state index contributed by atoms with van der Waals surface area (Å²) in [5.74, 6) is -0.579. The molecule has 0 aliphatic heterocycles.